The van der Waals surface area contributed by atoms with E-state index in [2.05, 4.69) is 28.1 Å². The van der Waals surface area contributed by atoms with Gasteiger partial charge in [-0.2, -0.15) is 10.5 Å². The van der Waals surface area contributed by atoms with Crippen molar-refractivity contribution in [1.82, 2.24) is 0 Å². The summed E-state index contributed by atoms with van der Waals surface area (Å²) in [5, 5.41) is 18.4. The molecule has 0 aliphatic heterocycles. The van der Waals surface area contributed by atoms with E-state index in [1.807, 2.05) is 37.3 Å². The third-order valence-electron chi connectivity index (χ3n) is 3.79. The predicted octanol–water partition coefficient (Wildman–Crippen LogP) is 5.95. The lowest BCUT2D eigenvalue weighted by Gasteiger charge is -2.01. The van der Waals surface area contributed by atoms with Gasteiger partial charge >= 0.3 is 0 Å². The van der Waals surface area contributed by atoms with E-state index in [1.54, 1.807) is 30.3 Å². The van der Waals surface area contributed by atoms with Crippen LogP contribution in [0.15, 0.2) is 63.5 Å². The molecular weight excluding hydrogens is 376 g/mol. The maximum Gasteiger partial charge on any atom is 0.134 e. The highest BCUT2D eigenvalue weighted by Gasteiger charge is 2.08. The first-order valence-corrected chi connectivity index (χ1v) is 8.38. The molecule has 0 amide bonds. The molecule has 25 heavy (non-hydrogen) atoms. The zero-order valence-electron chi connectivity index (χ0n) is 13.5. The molecule has 2 aromatic carbocycles. The van der Waals surface area contributed by atoms with Crippen LogP contribution in [0.3, 0.4) is 0 Å². The Bertz CT molecular complexity index is 1050. The molecule has 0 saturated heterocycles. The summed E-state index contributed by atoms with van der Waals surface area (Å²) in [6.45, 7) is 2.03. The average molecular weight is 389 g/mol. The Labute approximate surface area is 154 Å². The molecule has 0 unspecified atom stereocenters. The highest BCUT2D eigenvalue weighted by atomic mass is 79.9. The topological polar surface area (TPSA) is 60.7 Å². The number of benzene rings is 2. The van der Waals surface area contributed by atoms with E-state index in [1.165, 1.54) is 0 Å². The van der Waals surface area contributed by atoms with Crippen LogP contribution in [0.1, 0.15) is 22.5 Å². The summed E-state index contributed by atoms with van der Waals surface area (Å²) in [5.74, 6) is 1.32. The van der Waals surface area contributed by atoms with Gasteiger partial charge in [-0.05, 0) is 54.5 Å². The molecule has 1 aromatic heterocycles. The molecule has 0 aliphatic rings. The van der Waals surface area contributed by atoms with Crippen molar-refractivity contribution in [3.05, 3.63) is 81.5 Å². The fourth-order valence-electron chi connectivity index (χ4n) is 2.41. The van der Waals surface area contributed by atoms with Crippen molar-refractivity contribution in [2.75, 3.05) is 0 Å². The molecule has 0 bridgehead atoms. The van der Waals surface area contributed by atoms with Crippen LogP contribution >= 0.6 is 15.9 Å². The average Bonchev–Trinajstić information content (AvgIpc) is 3.10. The summed E-state index contributed by atoms with van der Waals surface area (Å²) in [7, 11) is 0. The number of furan rings is 1. The second kappa shape index (κ2) is 7.21. The van der Waals surface area contributed by atoms with E-state index in [0.29, 0.717) is 22.5 Å². The van der Waals surface area contributed by atoms with Gasteiger partial charge in [-0.25, -0.2) is 0 Å². The Morgan fingerprint density at radius 2 is 1.92 bits per heavy atom. The molecule has 3 rings (SSSR count). The molecule has 0 radical (unpaired) electrons. The number of aryl methyl sites for hydroxylation is 1. The van der Waals surface area contributed by atoms with E-state index < -0.39 is 0 Å². The van der Waals surface area contributed by atoms with Crippen LogP contribution < -0.4 is 0 Å². The summed E-state index contributed by atoms with van der Waals surface area (Å²) in [4.78, 5) is 0. The monoisotopic (exact) mass is 388 g/mol. The van der Waals surface area contributed by atoms with Crippen LogP contribution in [-0.4, -0.2) is 0 Å². The molecule has 120 valence electrons. The number of hydrogen-bond acceptors (Lipinski definition) is 3. The Morgan fingerprint density at radius 3 is 2.64 bits per heavy atom. The zero-order chi connectivity index (χ0) is 17.8. The molecule has 0 atom stereocenters. The maximum absolute atomic E-state index is 9.45. The molecule has 0 saturated carbocycles. The summed E-state index contributed by atoms with van der Waals surface area (Å²) in [5.41, 5.74) is 3.77. The Kier molecular flexibility index (Phi) is 4.84. The number of rotatable bonds is 3. The van der Waals surface area contributed by atoms with Crippen LogP contribution in [0.5, 0.6) is 0 Å². The van der Waals surface area contributed by atoms with Gasteiger partial charge in [0.05, 0.1) is 23.3 Å². The van der Waals surface area contributed by atoms with Gasteiger partial charge in [-0.3, -0.25) is 0 Å². The first kappa shape index (κ1) is 16.8. The number of allylic oxidation sites excluding steroid dienone is 1. The van der Waals surface area contributed by atoms with Crippen molar-refractivity contribution in [1.29, 1.82) is 10.5 Å². The maximum atomic E-state index is 9.45. The zero-order valence-corrected chi connectivity index (χ0v) is 15.0. The fraction of sp³-hybridized carbons (Fsp3) is 0.0476. The minimum atomic E-state index is 0.447. The molecule has 3 nitrogen and oxygen atoms in total. The van der Waals surface area contributed by atoms with Gasteiger partial charge in [-0.15, -0.1) is 0 Å². The lowest BCUT2D eigenvalue weighted by Crippen LogP contribution is -1.83. The van der Waals surface area contributed by atoms with Crippen molar-refractivity contribution in [2.24, 2.45) is 0 Å². The molecule has 0 fully saturated rings. The van der Waals surface area contributed by atoms with Gasteiger partial charge in [-0.1, -0.05) is 40.2 Å². The third-order valence-corrected chi connectivity index (χ3v) is 4.65. The minimum Gasteiger partial charge on any atom is -0.457 e. The van der Waals surface area contributed by atoms with E-state index in [0.717, 1.165) is 21.4 Å². The van der Waals surface area contributed by atoms with Crippen LogP contribution in [0.4, 0.5) is 0 Å². The van der Waals surface area contributed by atoms with Crippen LogP contribution in [0.25, 0.3) is 23.0 Å². The fourth-order valence-corrected chi connectivity index (χ4v) is 2.79. The van der Waals surface area contributed by atoms with Gasteiger partial charge in [0.25, 0.3) is 0 Å². The molecule has 1 heterocycles. The molecule has 0 spiro atoms. The summed E-state index contributed by atoms with van der Waals surface area (Å²) in [6.07, 6.45) is 1.68. The Balaban J connectivity index is 1.95. The van der Waals surface area contributed by atoms with E-state index in [9.17, 15) is 5.26 Å². The lowest BCUT2D eigenvalue weighted by molar-refractivity contribution is 0.572. The van der Waals surface area contributed by atoms with Gasteiger partial charge in [0.15, 0.2) is 0 Å². The normalized spacial score (nSPS) is 11.0. The first-order chi connectivity index (χ1) is 12.1. The second-order valence-corrected chi connectivity index (χ2v) is 6.38. The third kappa shape index (κ3) is 3.71. The van der Waals surface area contributed by atoms with Crippen molar-refractivity contribution in [3.63, 3.8) is 0 Å². The highest BCUT2D eigenvalue weighted by Crippen LogP contribution is 2.28. The van der Waals surface area contributed by atoms with Crippen LogP contribution in [-0.2, 0) is 0 Å². The quantitative estimate of drug-likeness (QED) is 0.520. The van der Waals surface area contributed by atoms with Gasteiger partial charge in [0.2, 0.25) is 0 Å². The van der Waals surface area contributed by atoms with Crippen LogP contribution in [0, 0.1) is 29.6 Å². The van der Waals surface area contributed by atoms with E-state index >= 15 is 0 Å². The van der Waals surface area contributed by atoms with Crippen molar-refractivity contribution >= 4 is 27.6 Å². The predicted molar refractivity (Wildman–Crippen MR) is 101 cm³/mol. The SMILES string of the molecule is Cc1ccc(-c2ccc(/C=C(/C#N)c3cccc(C#N)c3)o2)cc1Br. The number of nitrogens with zero attached hydrogens (tertiary/aromatic N) is 2. The van der Waals surface area contributed by atoms with E-state index in [-0.39, 0.29) is 0 Å². The number of halogens is 1. The summed E-state index contributed by atoms with van der Waals surface area (Å²) >= 11 is 3.52. The van der Waals surface area contributed by atoms with Crippen LogP contribution in [0.2, 0.25) is 0 Å². The Morgan fingerprint density at radius 1 is 1.08 bits per heavy atom. The number of nitriles is 2. The van der Waals surface area contributed by atoms with Crippen molar-refractivity contribution in [3.8, 4) is 23.5 Å². The molecular formula is C21H13BrN2O. The van der Waals surface area contributed by atoms with Gasteiger partial charge < -0.3 is 4.42 Å². The summed E-state index contributed by atoms with van der Waals surface area (Å²) in [6, 6.07) is 20.9. The van der Waals surface area contributed by atoms with Crippen molar-refractivity contribution in [2.45, 2.75) is 6.92 Å². The second-order valence-electron chi connectivity index (χ2n) is 5.53. The van der Waals surface area contributed by atoms with Crippen molar-refractivity contribution < 1.29 is 4.42 Å². The standard InChI is InChI=1S/C21H13BrN2O/c1-14-5-6-17(11-20(14)22)21-8-7-19(25-21)10-18(13-24)16-4-2-3-15(9-16)12-23/h2-11H,1H3/b18-10-. The highest BCUT2D eigenvalue weighted by molar-refractivity contribution is 9.10. The largest absolute Gasteiger partial charge is 0.457 e. The molecule has 0 N–H and O–H groups in total. The molecule has 4 heteroatoms. The number of hydrogen-bond donors (Lipinski definition) is 0. The Hall–Kier alpha value is -3.08. The van der Waals surface area contributed by atoms with Gasteiger partial charge in [0, 0.05) is 10.0 Å². The smallest absolute Gasteiger partial charge is 0.134 e. The van der Waals surface area contributed by atoms with E-state index in [4.69, 9.17) is 9.68 Å². The molecule has 0 aliphatic carbocycles. The minimum absolute atomic E-state index is 0.447. The summed E-state index contributed by atoms with van der Waals surface area (Å²) < 4.78 is 6.88. The molecule has 3 aromatic rings. The first-order valence-electron chi connectivity index (χ1n) is 7.59. The van der Waals surface area contributed by atoms with Gasteiger partial charge in [0.1, 0.15) is 11.5 Å². The lowest BCUT2D eigenvalue weighted by atomic mass is 10.0.